The number of para-hydroxylation sites is 1. The Bertz CT molecular complexity index is 813. The molecular weight excluding hydrogens is 328 g/mol. The van der Waals surface area contributed by atoms with Crippen molar-refractivity contribution in [1.82, 2.24) is 20.1 Å². The number of likely N-dealkylation sites (N-methyl/N-ethyl adjacent to an activating group) is 2. The minimum atomic E-state index is -0.193. The van der Waals surface area contributed by atoms with E-state index in [2.05, 4.69) is 15.2 Å². The van der Waals surface area contributed by atoms with Gasteiger partial charge in [-0.1, -0.05) is 18.2 Å². The van der Waals surface area contributed by atoms with Crippen LogP contribution in [0.4, 0.5) is 0 Å². The molecule has 0 radical (unpaired) electrons. The molecule has 2 heterocycles. The summed E-state index contributed by atoms with van der Waals surface area (Å²) < 4.78 is 2.09. The number of carbonyl (C=O) groups excluding carboxylic acids is 2. The first kappa shape index (κ1) is 18.2. The third kappa shape index (κ3) is 3.37. The molecule has 1 fully saturated rings. The molecule has 6 heteroatoms. The van der Waals surface area contributed by atoms with E-state index in [0.29, 0.717) is 18.5 Å². The molecule has 2 aromatic rings. The highest BCUT2D eigenvalue weighted by atomic mass is 16.2. The lowest BCUT2D eigenvalue weighted by molar-refractivity contribution is -0.124. The van der Waals surface area contributed by atoms with Crippen LogP contribution in [0.2, 0.25) is 0 Å². The van der Waals surface area contributed by atoms with Gasteiger partial charge >= 0.3 is 0 Å². The van der Waals surface area contributed by atoms with Crippen molar-refractivity contribution in [3.63, 3.8) is 0 Å². The maximum atomic E-state index is 12.8. The van der Waals surface area contributed by atoms with Gasteiger partial charge in [0.1, 0.15) is 0 Å². The Kier molecular flexibility index (Phi) is 5.13. The number of benzene rings is 1. The number of hydrogen-bond donors (Lipinski definition) is 2. The van der Waals surface area contributed by atoms with E-state index in [1.165, 1.54) is 0 Å². The third-order valence-corrected chi connectivity index (χ3v) is 5.12. The maximum Gasteiger partial charge on any atom is 0.253 e. The summed E-state index contributed by atoms with van der Waals surface area (Å²) in [6.07, 6.45) is 0.624. The summed E-state index contributed by atoms with van der Waals surface area (Å²) in [4.78, 5) is 26.7. The van der Waals surface area contributed by atoms with Crippen molar-refractivity contribution >= 4 is 11.8 Å². The van der Waals surface area contributed by atoms with Crippen LogP contribution in [0.1, 0.15) is 28.2 Å². The van der Waals surface area contributed by atoms with Gasteiger partial charge < -0.3 is 15.2 Å². The van der Waals surface area contributed by atoms with Gasteiger partial charge in [-0.15, -0.1) is 0 Å². The summed E-state index contributed by atoms with van der Waals surface area (Å²) in [6.45, 7) is 4.63. The molecule has 2 unspecified atom stereocenters. The molecule has 2 N–H and O–H groups in total. The Labute approximate surface area is 154 Å². The summed E-state index contributed by atoms with van der Waals surface area (Å²) >= 11 is 0. The number of carbonyl (C=O) groups is 2. The topological polar surface area (TPSA) is 66.4 Å². The van der Waals surface area contributed by atoms with Crippen molar-refractivity contribution in [2.24, 2.45) is 0 Å². The van der Waals surface area contributed by atoms with E-state index < -0.39 is 0 Å². The summed E-state index contributed by atoms with van der Waals surface area (Å²) in [5.41, 5.74) is 3.66. The van der Waals surface area contributed by atoms with Crippen molar-refractivity contribution in [3.8, 4) is 5.69 Å². The molecule has 138 valence electrons. The predicted molar refractivity (Wildman–Crippen MR) is 102 cm³/mol. The van der Waals surface area contributed by atoms with Gasteiger partial charge in [0.05, 0.1) is 11.6 Å². The SMILES string of the molecule is CNC(=O)C1CC(NC(=O)c2cc(C)n(-c3ccccc3)c2C)CN1C. The molecule has 2 atom stereocenters. The molecule has 0 saturated carbocycles. The molecule has 6 nitrogen and oxygen atoms in total. The van der Waals surface area contributed by atoms with Crippen molar-refractivity contribution in [3.05, 3.63) is 53.3 Å². The van der Waals surface area contributed by atoms with Gasteiger partial charge in [0.25, 0.3) is 5.91 Å². The summed E-state index contributed by atoms with van der Waals surface area (Å²) in [7, 11) is 3.55. The zero-order valence-electron chi connectivity index (χ0n) is 15.7. The van der Waals surface area contributed by atoms with Crippen LogP contribution in [0.15, 0.2) is 36.4 Å². The van der Waals surface area contributed by atoms with Crippen LogP contribution >= 0.6 is 0 Å². The maximum absolute atomic E-state index is 12.8. The summed E-state index contributed by atoms with van der Waals surface area (Å²) in [5, 5.41) is 5.78. The summed E-state index contributed by atoms with van der Waals surface area (Å²) in [5.74, 6) is -0.0947. The zero-order valence-corrected chi connectivity index (χ0v) is 15.7. The van der Waals surface area contributed by atoms with Crippen molar-refractivity contribution in [2.75, 3.05) is 20.6 Å². The van der Waals surface area contributed by atoms with Crippen LogP contribution in [0.5, 0.6) is 0 Å². The lowest BCUT2D eigenvalue weighted by Crippen LogP contribution is -2.39. The lowest BCUT2D eigenvalue weighted by atomic mass is 10.1. The second kappa shape index (κ2) is 7.33. The molecule has 0 bridgehead atoms. The molecule has 26 heavy (non-hydrogen) atoms. The molecule has 1 aromatic heterocycles. The molecule has 3 rings (SSSR count). The molecular formula is C20H26N4O2. The van der Waals surface area contributed by atoms with Gasteiger partial charge in [-0.05, 0) is 45.5 Å². The van der Waals surface area contributed by atoms with Crippen LogP contribution in [-0.2, 0) is 4.79 Å². The van der Waals surface area contributed by atoms with E-state index in [-0.39, 0.29) is 23.9 Å². The first-order valence-corrected chi connectivity index (χ1v) is 8.89. The second-order valence-corrected chi connectivity index (χ2v) is 6.93. The average molecular weight is 354 g/mol. The van der Waals surface area contributed by atoms with Gasteiger partial charge in [0.2, 0.25) is 5.91 Å². The Morgan fingerprint density at radius 1 is 1.15 bits per heavy atom. The largest absolute Gasteiger partial charge is 0.358 e. The average Bonchev–Trinajstić information content (AvgIpc) is 3.14. The fraction of sp³-hybridized carbons (Fsp3) is 0.400. The van der Waals surface area contributed by atoms with Crippen molar-refractivity contribution in [2.45, 2.75) is 32.4 Å². The van der Waals surface area contributed by atoms with Crippen LogP contribution < -0.4 is 10.6 Å². The van der Waals surface area contributed by atoms with Gasteiger partial charge in [0, 0.05) is 36.7 Å². The second-order valence-electron chi connectivity index (χ2n) is 6.93. The number of nitrogens with zero attached hydrogens (tertiary/aromatic N) is 2. The molecule has 0 spiro atoms. The summed E-state index contributed by atoms with van der Waals surface area (Å²) in [6, 6.07) is 11.7. The van der Waals surface area contributed by atoms with Gasteiger partial charge in [-0.3, -0.25) is 14.5 Å². The van der Waals surface area contributed by atoms with E-state index in [1.54, 1.807) is 7.05 Å². The van der Waals surface area contributed by atoms with E-state index >= 15 is 0 Å². The number of aromatic nitrogens is 1. The fourth-order valence-corrected chi connectivity index (χ4v) is 3.81. The highest BCUT2D eigenvalue weighted by Crippen LogP contribution is 2.22. The van der Waals surface area contributed by atoms with Crippen LogP contribution in [0.3, 0.4) is 0 Å². The first-order chi connectivity index (χ1) is 12.4. The van der Waals surface area contributed by atoms with Crippen LogP contribution in [0.25, 0.3) is 5.69 Å². The Morgan fingerprint density at radius 2 is 1.85 bits per heavy atom. The highest BCUT2D eigenvalue weighted by molar-refractivity contribution is 5.96. The van der Waals surface area contributed by atoms with Crippen LogP contribution in [0, 0.1) is 13.8 Å². The number of aryl methyl sites for hydroxylation is 1. The number of amides is 2. The number of rotatable bonds is 4. The van der Waals surface area contributed by atoms with E-state index in [0.717, 1.165) is 17.1 Å². The minimum Gasteiger partial charge on any atom is -0.358 e. The lowest BCUT2D eigenvalue weighted by Gasteiger charge is -2.16. The normalized spacial score (nSPS) is 20.2. The Balaban J connectivity index is 1.77. The van der Waals surface area contributed by atoms with E-state index in [1.807, 2.05) is 62.2 Å². The van der Waals surface area contributed by atoms with Crippen molar-refractivity contribution < 1.29 is 9.59 Å². The van der Waals surface area contributed by atoms with Gasteiger partial charge in [0.15, 0.2) is 0 Å². The van der Waals surface area contributed by atoms with Crippen molar-refractivity contribution in [1.29, 1.82) is 0 Å². The fourth-order valence-electron chi connectivity index (χ4n) is 3.81. The van der Waals surface area contributed by atoms with E-state index in [4.69, 9.17) is 0 Å². The first-order valence-electron chi connectivity index (χ1n) is 8.89. The predicted octanol–water partition coefficient (Wildman–Crippen LogP) is 1.64. The van der Waals surface area contributed by atoms with Gasteiger partial charge in [-0.25, -0.2) is 0 Å². The minimum absolute atomic E-state index is 0.00787. The Hall–Kier alpha value is -2.60. The third-order valence-electron chi connectivity index (χ3n) is 5.12. The number of nitrogens with one attached hydrogen (secondary N) is 2. The number of likely N-dealkylation sites (tertiary alicyclic amines) is 1. The molecule has 2 amide bonds. The monoisotopic (exact) mass is 354 g/mol. The van der Waals surface area contributed by atoms with E-state index in [9.17, 15) is 9.59 Å². The highest BCUT2D eigenvalue weighted by Gasteiger charge is 2.35. The quantitative estimate of drug-likeness (QED) is 0.877. The smallest absolute Gasteiger partial charge is 0.253 e. The molecule has 1 saturated heterocycles. The zero-order chi connectivity index (χ0) is 18.8. The standard InChI is InChI=1S/C20H26N4O2/c1-13-10-17(14(2)24(13)16-8-6-5-7-9-16)19(25)22-15-11-18(20(26)21-3)23(4)12-15/h5-10,15,18H,11-12H2,1-4H3,(H,21,26)(H,22,25). The molecule has 1 aromatic carbocycles. The Morgan fingerprint density at radius 3 is 2.50 bits per heavy atom. The van der Waals surface area contributed by atoms with Gasteiger partial charge in [-0.2, -0.15) is 0 Å². The molecule has 1 aliphatic rings. The molecule has 1 aliphatic heterocycles. The molecule has 0 aliphatic carbocycles. The number of hydrogen-bond acceptors (Lipinski definition) is 3. The van der Waals surface area contributed by atoms with Crippen LogP contribution in [-0.4, -0.2) is 54.0 Å².